The Labute approximate surface area is 116 Å². The molecule has 0 unspecified atom stereocenters. The molecule has 0 amide bonds. The van der Waals surface area contributed by atoms with Crippen molar-refractivity contribution < 1.29 is 4.74 Å². The van der Waals surface area contributed by atoms with Crippen LogP contribution in [0, 0.1) is 26.2 Å². The van der Waals surface area contributed by atoms with E-state index in [1.165, 1.54) is 35.1 Å². The van der Waals surface area contributed by atoms with Gasteiger partial charge in [0.25, 0.3) is 0 Å². The zero-order valence-electron chi connectivity index (χ0n) is 12.6. The van der Waals surface area contributed by atoms with E-state index in [4.69, 9.17) is 10.5 Å². The van der Waals surface area contributed by atoms with Gasteiger partial charge in [0.2, 0.25) is 0 Å². The quantitative estimate of drug-likeness (QED) is 0.828. The predicted octanol–water partition coefficient (Wildman–Crippen LogP) is 2.45. The molecule has 0 spiro atoms. The predicted molar refractivity (Wildman–Crippen MR) is 79.6 cm³/mol. The van der Waals surface area contributed by atoms with Gasteiger partial charge in [0, 0.05) is 13.1 Å². The molecule has 0 heterocycles. The van der Waals surface area contributed by atoms with Crippen molar-refractivity contribution in [2.45, 2.75) is 40.2 Å². The second-order valence-corrected chi connectivity index (χ2v) is 5.94. The molecule has 0 radical (unpaired) electrons. The van der Waals surface area contributed by atoms with Crippen molar-refractivity contribution in [2.75, 3.05) is 20.2 Å². The van der Waals surface area contributed by atoms with E-state index in [2.05, 4.69) is 32.2 Å². The Morgan fingerprint density at radius 1 is 1.26 bits per heavy atom. The fourth-order valence-electron chi connectivity index (χ4n) is 2.73. The summed E-state index contributed by atoms with van der Waals surface area (Å²) in [5.74, 6) is 1.02. The summed E-state index contributed by atoms with van der Waals surface area (Å²) in [5, 5.41) is 3.57. The molecule has 2 rings (SSSR count). The second-order valence-electron chi connectivity index (χ2n) is 5.94. The number of aryl methyl sites for hydroxylation is 1. The lowest BCUT2D eigenvalue weighted by molar-refractivity contribution is 0.407. The summed E-state index contributed by atoms with van der Waals surface area (Å²) in [6.07, 6.45) is 2.55. The van der Waals surface area contributed by atoms with Crippen molar-refractivity contribution in [3.63, 3.8) is 0 Å². The summed E-state index contributed by atoms with van der Waals surface area (Å²) >= 11 is 0. The summed E-state index contributed by atoms with van der Waals surface area (Å²) in [5.41, 5.74) is 11.4. The third kappa shape index (κ3) is 2.93. The number of methoxy groups -OCH3 is 1. The molecule has 0 aromatic heterocycles. The number of ether oxygens (including phenoxy) is 1. The van der Waals surface area contributed by atoms with Crippen LogP contribution in [-0.4, -0.2) is 20.2 Å². The van der Waals surface area contributed by atoms with Crippen molar-refractivity contribution in [1.82, 2.24) is 5.32 Å². The van der Waals surface area contributed by atoms with Crippen LogP contribution in [0.2, 0.25) is 0 Å². The zero-order valence-corrected chi connectivity index (χ0v) is 12.6. The van der Waals surface area contributed by atoms with E-state index in [1.807, 2.05) is 0 Å². The highest BCUT2D eigenvalue weighted by molar-refractivity contribution is 5.48. The van der Waals surface area contributed by atoms with Gasteiger partial charge in [0.1, 0.15) is 5.75 Å². The molecule has 1 aliphatic carbocycles. The normalized spacial score (nSPS) is 16.5. The first kappa shape index (κ1) is 14.4. The lowest BCUT2D eigenvalue weighted by Crippen LogP contribution is -2.29. The maximum atomic E-state index is 5.81. The van der Waals surface area contributed by atoms with Crippen molar-refractivity contribution in [3.8, 4) is 5.75 Å². The Balaban J connectivity index is 2.04. The highest BCUT2D eigenvalue weighted by Crippen LogP contribution is 2.43. The van der Waals surface area contributed by atoms with Crippen LogP contribution in [0.15, 0.2) is 6.07 Å². The minimum absolute atomic E-state index is 0.393. The molecule has 106 valence electrons. The van der Waals surface area contributed by atoms with E-state index < -0.39 is 0 Å². The molecule has 0 aliphatic heterocycles. The van der Waals surface area contributed by atoms with Crippen LogP contribution in [-0.2, 0) is 6.54 Å². The Hall–Kier alpha value is -1.06. The molecule has 0 saturated heterocycles. The zero-order chi connectivity index (χ0) is 14.0. The SMILES string of the molecule is COc1c(C)cc(CNCC2(CN)CC2)c(C)c1C. The molecule has 3 nitrogen and oxygen atoms in total. The molecule has 3 N–H and O–H groups in total. The largest absolute Gasteiger partial charge is 0.496 e. The number of hydrogen-bond donors (Lipinski definition) is 2. The average Bonchev–Trinajstić information content (AvgIpc) is 3.16. The van der Waals surface area contributed by atoms with Crippen molar-refractivity contribution in [2.24, 2.45) is 11.1 Å². The van der Waals surface area contributed by atoms with Gasteiger partial charge in [0.05, 0.1) is 7.11 Å². The van der Waals surface area contributed by atoms with Gasteiger partial charge < -0.3 is 15.8 Å². The number of benzene rings is 1. The van der Waals surface area contributed by atoms with Crippen molar-refractivity contribution in [3.05, 3.63) is 28.3 Å². The van der Waals surface area contributed by atoms with Gasteiger partial charge in [-0.25, -0.2) is 0 Å². The molecule has 1 saturated carbocycles. The van der Waals surface area contributed by atoms with Gasteiger partial charge in [-0.05, 0) is 67.8 Å². The number of rotatable bonds is 6. The lowest BCUT2D eigenvalue weighted by Gasteiger charge is -2.18. The van der Waals surface area contributed by atoms with Crippen molar-refractivity contribution >= 4 is 0 Å². The minimum atomic E-state index is 0.393. The van der Waals surface area contributed by atoms with Crippen LogP contribution in [0.1, 0.15) is 35.1 Å². The lowest BCUT2D eigenvalue weighted by atomic mass is 9.98. The van der Waals surface area contributed by atoms with Crippen LogP contribution in [0.5, 0.6) is 5.75 Å². The monoisotopic (exact) mass is 262 g/mol. The van der Waals surface area contributed by atoms with E-state index in [9.17, 15) is 0 Å². The summed E-state index contributed by atoms with van der Waals surface area (Å²) in [4.78, 5) is 0. The Morgan fingerprint density at radius 3 is 2.47 bits per heavy atom. The fourth-order valence-corrected chi connectivity index (χ4v) is 2.73. The maximum absolute atomic E-state index is 5.81. The first-order chi connectivity index (χ1) is 9.03. The standard InChI is InChI=1S/C16H26N2O/c1-11-7-14(12(2)13(3)15(11)19-4)8-18-10-16(9-17)5-6-16/h7,18H,5-6,8-10,17H2,1-4H3. The summed E-state index contributed by atoms with van der Waals surface area (Å²) in [7, 11) is 1.74. The molecule has 3 heteroatoms. The molecule has 1 aromatic rings. The molecular weight excluding hydrogens is 236 g/mol. The molecule has 0 bridgehead atoms. The molecule has 1 aromatic carbocycles. The molecular formula is C16H26N2O. The van der Waals surface area contributed by atoms with Crippen LogP contribution < -0.4 is 15.8 Å². The summed E-state index contributed by atoms with van der Waals surface area (Å²) < 4.78 is 5.46. The Kier molecular flexibility index (Phi) is 4.16. The molecule has 1 fully saturated rings. The van der Waals surface area contributed by atoms with E-state index >= 15 is 0 Å². The van der Waals surface area contributed by atoms with E-state index in [0.717, 1.165) is 25.4 Å². The fraction of sp³-hybridized carbons (Fsp3) is 0.625. The second kappa shape index (κ2) is 5.51. The highest BCUT2D eigenvalue weighted by atomic mass is 16.5. The van der Waals surface area contributed by atoms with Crippen LogP contribution in [0.25, 0.3) is 0 Å². The summed E-state index contributed by atoms with van der Waals surface area (Å²) in [6, 6.07) is 2.23. The van der Waals surface area contributed by atoms with Gasteiger partial charge in [-0.3, -0.25) is 0 Å². The van der Waals surface area contributed by atoms with Gasteiger partial charge >= 0.3 is 0 Å². The van der Waals surface area contributed by atoms with Gasteiger partial charge in [-0.2, -0.15) is 0 Å². The smallest absolute Gasteiger partial charge is 0.124 e. The molecule has 19 heavy (non-hydrogen) atoms. The average molecular weight is 262 g/mol. The van der Waals surface area contributed by atoms with Gasteiger partial charge in [-0.15, -0.1) is 0 Å². The minimum Gasteiger partial charge on any atom is -0.496 e. The highest BCUT2D eigenvalue weighted by Gasteiger charge is 2.40. The van der Waals surface area contributed by atoms with Crippen LogP contribution >= 0.6 is 0 Å². The molecule has 0 atom stereocenters. The maximum Gasteiger partial charge on any atom is 0.124 e. The number of nitrogens with two attached hydrogens (primary N) is 1. The van der Waals surface area contributed by atoms with Crippen LogP contribution in [0.3, 0.4) is 0 Å². The third-order valence-corrected chi connectivity index (χ3v) is 4.54. The molecule has 1 aliphatic rings. The number of hydrogen-bond acceptors (Lipinski definition) is 3. The third-order valence-electron chi connectivity index (χ3n) is 4.54. The van der Waals surface area contributed by atoms with Gasteiger partial charge in [0.15, 0.2) is 0 Å². The topological polar surface area (TPSA) is 47.3 Å². The van der Waals surface area contributed by atoms with E-state index in [1.54, 1.807) is 7.11 Å². The number of nitrogens with one attached hydrogen (secondary N) is 1. The van der Waals surface area contributed by atoms with Crippen molar-refractivity contribution in [1.29, 1.82) is 0 Å². The Morgan fingerprint density at radius 2 is 1.95 bits per heavy atom. The van der Waals surface area contributed by atoms with Crippen LogP contribution in [0.4, 0.5) is 0 Å². The Bertz CT molecular complexity index is 464. The van der Waals surface area contributed by atoms with Gasteiger partial charge in [-0.1, -0.05) is 6.07 Å². The van der Waals surface area contributed by atoms with E-state index in [0.29, 0.717) is 5.41 Å². The summed E-state index contributed by atoms with van der Waals surface area (Å²) in [6.45, 7) is 9.17. The van der Waals surface area contributed by atoms with E-state index in [-0.39, 0.29) is 0 Å². The first-order valence-electron chi connectivity index (χ1n) is 7.07. The first-order valence-corrected chi connectivity index (χ1v) is 7.07.